The minimum absolute atomic E-state index is 0.273. The predicted octanol–water partition coefficient (Wildman–Crippen LogP) is 3.04. The monoisotopic (exact) mass is 325 g/mol. The van der Waals surface area contributed by atoms with Crippen LogP contribution in [0.2, 0.25) is 0 Å². The van der Waals surface area contributed by atoms with Crippen molar-refractivity contribution in [1.82, 2.24) is 4.90 Å². The minimum atomic E-state index is -1.04. The van der Waals surface area contributed by atoms with E-state index < -0.39 is 12.0 Å². The predicted molar refractivity (Wildman–Crippen MR) is 84.8 cm³/mol. The number of hydrogen-bond donors (Lipinski definition) is 1. The highest BCUT2D eigenvalue weighted by atomic mass is 32.2. The molecule has 2 heterocycles. The van der Waals surface area contributed by atoms with E-state index in [1.807, 2.05) is 13.8 Å². The fraction of sp³-hybridized carbons (Fsp3) is 0.357. The van der Waals surface area contributed by atoms with Crippen molar-refractivity contribution in [2.24, 2.45) is 0 Å². The van der Waals surface area contributed by atoms with Crippen LogP contribution < -0.4 is 0 Å². The van der Waals surface area contributed by atoms with Crippen molar-refractivity contribution in [2.45, 2.75) is 32.7 Å². The average Bonchev–Trinajstić information content (AvgIpc) is 2.93. The summed E-state index contributed by atoms with van der Waals surface area (Å²) in [6.07, 6.45) is 2.62. The van der Waals surface area contributed by atoms with Crippen molar-refractivity contribution in [2.75, 3.05) is 0 Å². The zero-order valence-corrected chi connectivity index (χ0v) is 13.3. The summed E-state index contributed by atoms with van der Waals surface area (Å²) in [6, 6.07) is 2.64. The van der Waals surface area contributed by atoms with Crippen LogP contribution in [0.5, 0.6) is 0 Å². The number of carboxylic acid groups (broad SMARTS) is 1. The number of carboxylic acids is 1. The third-order valence-corrected chi connectivity index (χ3v) is 4.35. The lowest BCUT2D eigenvalue weighted by molar-refractivity contribution is -0.145. The first-order valence-electron chi connectivity index (χ1n) is 6.50. The zero-order valence-electron chi connectivity index (χ0n) is 11.7. The van der Waals surface area contributed by atoms with Crippen LogP contribution in [0.4, 0.5) is 0 Å². The lowest BCUT2D eigenvalue weighted by Crippen LogP contribution is -2.43. The van der Waals surface area contributed by atoms with Crippen molar-refractivity contribution in [3.8, 4) is 0 Å². The summed E-state index contributed by atoms with van der Waals surface area (Å²) in [7, 11) is 0. The molecular formula is C14H15NO4S2. The van der Waals surface area contributed by atoms with Gasteiger partial charge in [0.15, 0.2) is 0 Å². The number of carbonyl (C=O) groups is 2. The molecule has 1 aromatic rings. The number of aryl methyl sites for hydroxylation is 1. The van der Waals surface area contributed by atoms with E-state index in [4.69, 9.17) is 16.6 Å². The molecule has 0 bridgehead atoms. The Morgan fingerprint density at radius 3 is 2.81 bits per heavy atom. The van der Waals surface area contributed by atoms with Crippen molar-refractivity contribution in [3.63, 3.8) is 0 Å². The van der Waals surface area contributed by atoms with Gasteiger partial charge in [0, 0.05) is 6.08 Å². The van der Waals surface area contributed by atoms with Gasteiger partial charge >= 0.3 is 5.97 Å². The number of nitrogens with zero attached hydrogens (tertiary/aromatic N) is 1. The summed E-state index contributed by atoms with van der Waals surface area (Å²) in [5.41, 5.74) is 0. The number of furan rings is 1. The van der Waals surface area contributed by atoms with Crippen LogP contribution in [0.1, 0.15) is 31.3 Å². The highest BCUT2D eigenvalue weighted by molar-refractivity contribution is 8.26. The molecule has 1 saturated heterocycles. The normalized spacial score (nSPS) is 18.6. The molecule has 1 aliphatic heterocycles. The molecule has 1 N–H and O–H groups in total. The van der Waals surface area contributed by atoms with Gasteiger partial charge in [0.25, 0.3) is 5.91 Å². The van der Waals surface area contributed by atoms with Crippen molar-refractivity contribution >= 4 is 46.3 Å². The third-order valence-electron chi connectivity index (χ3n) is 3.02. The van der Waals surface area contributed by atoms with E-state index >= 15 is 0 Å². The summed E-state index contributed by atoms with van der Waals surface area (Å²) in [5.74, 6) is -0.121. The Morgan fingerprint density at radius 1 is 1.57 bits per heavy atom. The maximum atomic E-state index is 12.4. The second kappa shape index (κ2) is 6.44. The van der Waals surface area contributed by atoms with Crippen LogP contribution in [0.3, 0.4) is 0 Å². The first kappa shape index (κ1) is 15.8. The molecule has 0 unspecified atom stereocenters. The van der Waals surface area contributed by atoms with E-state index in [0.717, 1.165) is 17.5 Å². The summed E-state index contributed by atoms with van der Waals surface area (Å²) < 4.78 is 5.67. The van der Waals surface area contributed by atoms with E-state index in [1.165, 1.54) is 4.90 Å². The topological polar surface area (TPSA) is 70.8 Å². The molecule has 0 aliphatic carbocycles. The minimum Gasteiger partial charge on any atom is -0.480 e. The lowest BCUT2D eigenvalue weighted by atomic mass is 10.1. The molecule has 21 heavy (non-hydrogen) atoms. The number of aliphatic carboxylic acids is 1. The second-order valence-electron chi connectivity index (χ2n) is 4.64. The highest BCUT2D eigenvalue weighted by Crippen LogP contribution is 2.35. The SMILES string of the molecule is CCC[C@H](C(=O)O)N1C(=O)/C(=C\c2ccc(C)o2)SC1=S. The van der Waals surface area contributed by atoms with Crippen molar-refractivity contribution in [3.05, 3.63) is 28.6 Å². The molecule has 5 nitrogen and oxygen atoms in total. The summed E-state index contributed by atoms with van der Waals surface area (Å²) in [6.45, 7) is 3.68. The molecule has 0 saturated carbocycles. The Bertz CT molecular complexity index is 620. The van der Waals surface area contributed by atoms with Gasteiger partial charge in [-0.2, -0.15) is 0 Å². The lowest BCUT2D eigenvalue weighted by Gasteiger charge is -2.22. The molecule has 1 amide bonds. The number of thioether (sulfide) groups is 1. The standard InChI is InChI=1S/C14H15NO4S2/c1-3-4-10(13(17)18)15-12(16)11(21-14(15)20)7-9-6-5-8(2)19-9/h5-7,10H,3-4H2,1-2H3,(H,17,18)/b11-7+/t10-/m1/s1. The van der Waals surface area contributed by atoms with Crippen LogP contribution in [0.25, 0.3) is 6.08 Å². The Morgan fingerprint density at radius 2 is 2.29 bits per heavy atom. The summed E-state index contributed by atoms with van der Waals surface area (Å²) in [5, 5.41) is 9.28. The fourth-order valence-electron chi connectivity index (χ4n) is 2.05. The van der Waals surface area contributed by atoms with Gasteiger partial charge in [0.1, 0.15) is 21.9 Å². The zero-order chi connectivity index (χ0) is 15.6. The van der Waals surface area contributed by atoms with E-state index in [9.17, 15) is 14.7 Å². The number of hydrogen-bond acceptors (Lipinski definition) is 5. The van der Waals surface area contributed by atoms with Gasteiger partial charge in [0.2, 0.25) is 0 Å². The van der Waals surface area contributed by atoms with Gasteiger partial charge in [0.05, 0.1) is 4.91 Å². The Kier molecular flexibility index (Phi) is 4.84. The number of carbonyl (C=O) groups excluding carboxylic acids is 1. The van der Waals surface area contributed by atoms with Crippen LogP contribution in [-0.4, -0.2) is 32.2 Å². The van der Waals surface area contributed by atoms with Gasteiger partial charge in [-0.15, -0.1) is 0 Å². The molecule has 2 rings (SSSR count). The second-order valence-corrected chi connectivity index (χ2v) is 6.32. The average molecular weight is 325 g/mol. The van der Waals surface area contributed by atoms with Crippen molar-refractivity contribution in [1.29, 1.82) is 0 Å². The number of rotatable bonds is 5. The Labute approximate surface area is 132 Å². The van der Waals surface area contributed by atoms with E-state index in [1.54, 1.807) is 18.2 Å². The largest absolute Gasteiger partial charge is 0.480 e. The molecule has 1 aliphatic rings. The summed E-state index contributed by atoms with van der Waals surface area (Å²) >= 11 is 6.26. The molecular weight excluding hydrogens is 310 g/mol. The maximum Gasteiger partial charge on any atom is 0.326 e. The Balaban J connectivity index is 2.27. The van der Waals surface area contributed by atoms with Crippen LogP contribution in [-0.2, 0) is 9.59 Å². The first-order valence-corrected chi connectivity index (χ1v) is 7.72. The highest BCUT2D eigenvalue weighted by Gasteiger charge is 2.40. The quantitative estimate of drug-likeness (QED) is 0.663. The molecule has 1 aromatic heterocycles. The van der Waals surface area contributed by atoms with E-state index in [2.05, 4.69) is 0 Å². The fourth-order valence-corrected chi connectivity index (χ4v) is 3.38. The molecule has 0 radical (unpaired) electrons. The van der Waals surface area contributed by atoms with Crippen LogP contribution >= 0.6 is 24.0 Å². The van der Waals surface area contributed by atoms with E-state index in [-0.39, 0.29) is 10.2 Å². The number of amides is 1. The maximum absolute atomic E-state index is 12.4. The molecule has 1 fully saturated rings. The summed E-state index contributed by atoms with van der Waals surface area (Å²) in [4.78, 5) is 25.3. The molecule has 112 valence electrons. The van der Waals surface area contributed by atoms with Gasteiger partial charge in [-0.25, -0.2) is 4.79 Å². The smallest absolute Gasteiger partial charge is 0.326 e. The molecule has 0 spiro atoms. The van der Waals surface area contributed by atoms with Gasteiger partial charge < -0.3 is 9.52 Å². The molecule has 1 atom stereocenters. The molecule has 7 heteroatoms. The van der Waals surface area contributed by atoms with Crippen LogP contribution in [0, 0.1) is 6.92 Å². The number of thiocarbonyl (C=S) groups is 1. The Hall–Kier alpha value is -1.60. The molecule has 0 aromatic carbocycles. The van der Waals surface area contributed by atoms with E-state index in [0.29, 0.717) is 23.5 Å². The van der Waals surface area contributed by atoms with Gasteiger partial charge in [-0.05, 0) is 25.5 Å². The van der Waals surface area contributed by atoms with Gasteiger partial charge in [-0.3, -0.25) is 9.69 Å². The third kappa shape index (κ3) is 3.36. The van der Waals surface area contributed by atoms with Crippen LogP contribution in [0.15, 0.2) is 21.5 Å². The van der Waals surface area contributed by atoms with Crippen molar-refractivity contribution < 1.29 is 19.1 Å². The first-order chi connectivity index (χ1) is 9.93. The van der Waals surface area contributed by atoms with Gasteiger partial charge in [-0.1, -0.05) is 37.3 Å².